The summed E-state index contributed by atoms with van der Waals surface area (Å²) in [5, 5.41) is 2.98. The van der Waals surface area contributed by atoms with Crippen LogP contribution in [0.5, 0.6) is 0 Å². The first-order chi connectivity index (χ1) is 18.5. The topological polar surface area (TPSA) is 88.2 Å². The molecule has 0 unspecified atom stereocenters. The van der Waals surface area contributed by atoms with Gasteiger partial charge in [-0.2, -0.15) is 0 Å². The molecule has 0 saturated carbocycles. The number of carbonyl (C=O) groups is 3. The molecule has 2 amide bonds. The molecular formula is C30H33N3O5. The van der Waals surface area contributed by atoms with E-state index in [0.717, 1.165) is 16.8 Å². The van der Waals surface area contributed by atoms with Gasteiger partial charge in [0, 0.05) is 36.9 Å². The molecule has 38 heavy (non-hydrogen) atoms. The SMILES string of the molecule is COC(=O)CNc1ccc(C(=O)N(Cc2ccccc2)C2CCN(C(=O)OCc3ccccc3)CC2)cc1. The maximum absolute atomic E-state index is 13.7. The molecular weight excluding hydrogens is 482 g/mol. The van der Waals surface area contributed by atoms with E-state index >= 15 is 0 Å². The third-order valence-electron chi connectivity index (χ3n) is 6.62. The highest BCUT2D eigenvalue weighted by Gasteiger charge is 2.31. The zero-order valence-electron chi connectivity index (χ0n) is 21.5. The summed E-state index contributed by atoms with van der Waals surface area (Å²) in [6.07, 6.45) is 0.999. The van der Waals surface area contributed by atoms with Crippen molar-refractivity contribution < 1.29 is 23.9 Å². The molecule has 0 atom stereocenters. The summed E-state index contributed by atoms with van der Waals surface area (Å²) in [7, 11) is 1.34. The van der Waals surface area contributed by atoms with E-state index in [-0.39, 0.29) is 37.2 Å². The molecule has 0 aliphatic carbocycles. The third-order valence-corrected chi connectivity index (χ3v) is 6.62. The minimum atomic E-state index is -0.366. The van der Waals surface area contributed by atoms with Crippen LogP contribution in [0.3, 0.4) is 0 Å². The van der Waals surface area contributed by atoms with Gasteiger partial charge in [0.2, 0.25) is 0 Å². The zero-order valence-corrected chi connectivity index (χ0v) is 21.5. The van der Waals surface area contributed by atoms with Crippen LogP contribution in [0.15, 0.2) is 84.9 Å². The van der Waals surface area contributed by atoms with Gasteiger partial charge in [0.25, 0.3) is 5.91 Å². The predicted molar refractivity (Wildman–Crippen MR) is 144 cm³/mol. The van der Waals surface area contributed by atoms with E-state index < -0.39 is 0 Å². The number of amides is 2. The lowest BCUT2D eigenvalue weighted by atomic mass is 10.0. The molecule has 198 valence electrons. The molecule has 0 aromatic heterocycles. The first-order valence-corrected chi connectivity index (χ1v) is 12.7. The van der Waals surface area contributed by atoms with Gasteiger partial charge in [0.1, 0.15) is 13.2 Å². The summed E-state index contributed by atoms with van der Waals surface area (Å²) >= 11 is 0. The van der Waals surface area contributed by atoms with Gasteiger partial charge >= 0.3 is 12.1 Å². The Hall–Kier alpha value is -4.33. The molecule has 4 rings (SSSR count). The van der Waals surface area contributed by atoms with Crippen molar-refractivity contribution in [2.75, 3.05) is 32.1 Å². The highest BCUT2D eigenvalue weighted by Crippen LogP contribution is 2.23. The van der Waals surface area contributed by atoms with E-state index in [1.54, 1.807) is 29.2 Å². The van der Waals surface area contributed by atoms with Crippen molar-refractivity contribution in [2.45, 2.75) is 32.0 Å². The number of piperidine rings is 1. The van der Waals surface area contributed by atoms with Crippen molar-refractivity contribution in [2.24, 2.45) is 0 Å². The van der Waals surface area contributed by atoms with E-state index in [4.69, 9.17) is 4.74 Å². The first-order valence-electron chi connectivity index (χ1n) is 12.7. The number of nitrogens with one attached hydrogen (secondary N) is 1. The Kier molecular flexibility index (Phi) is 9.34. The van der Waals surface area contributed by atoms with Gasteiger partial charge in [-0.25, -0.2) is 4.79 Å². The van der Waals surface area contributed by atoms with Crippen molar-refractivity contribution in [1.29, 1.82) is 0 Å². The van der Waals surface area contributed by atoms with Crippen LogP contribution in [0.4, 0.5) is 10.5 Å². The lowest BCUT2D eigenvalue weighted by Crippen LogP contribution is -2.48. The van der Waals surface area contributed by atoms with Crippen LogP contribution in [0.2, 0.25) is 0 Å². The van der Waals surface area contributed by atoms with Gasteiger partial charge in [-0.1, -0.05) is 60.7 Å². The summed E-state index contributed by atoms with van der Waals surface area (Å²) in [4.78, 5) is 41.3. The second kappa shape index (κ2) is 13.3. The normalized spacial score (nSPS) is 13.4. The van der Waals surface area contributed by atoms with Crippen LogP contribution >= 0.6 is 0 Å². The molecule has 1 fully saturated rings. The van der Waals surface area contributed by atoms with Crippen LogP contribution in [0.1, 0.15) is 34.3 Å². The Bertz CT molecular complexity index is 1190. The maximum Gasteiger partial charge on any atom is 0.410 e. The fraction of sp³-hybridized carbons (Fsp3) is 0.300. The maximum atomic E-state index is 13.7. The monoisotopic (exact) mass is 515 g/mol. The largest absolute Gasteiger partial charge is 0.468 e. The molecule has 0 bridgehead atoms. The number of benzene rings is 3. The first kappa shape index (κ1) is 26.7. The van der Waals surface area contributed by atoms with E-state index in [1.165, 1.54) is 7.11 Å². The van der Waals surface area contributed by atoms with Crippen LogP contribution in [-0.2, 0) is 27.4 Å². The van der Waals surface area contributed by atoms with Crippen molar-refractivity contribution in [3.8, 4) is 0 Å². The third kappa shape index (κ3) is 7.35. The molecule has 0 spiro atoms. The quantitative estimate of drug-likeness (QED) is 0.415. The number of rotatable bonds is 9. The average Bonchev–Trinajstić information content (AvgIpc) is 2.98. The second-order valence-corrected chi connectivity index (χ2v) is 9.18. The molecule has 1 N–H and O–H groups in total. The summed E-state index contributed by atoms with van der Waals surface area (Å²) in [6, 6.07) is 26.6. The highest BCUT2D eigenvalue weighted by atomic mass is 16.6. The molecule has 1 saturated heterocycles. The van der Waals surface area contributed by atoms with Crippen molar-refractivity contribution >= 4 is 23.7 Å². The smallest absolute Gasteiger partial charge is 0.410 e. The predicted octanol–water partition coefficient (Wildman–Crippen LogP) is 4.72. The lowest BCUT2D eigenvalue weighted by molar-refractivity contribution is -0.138. The number of methoxy groups -OCH3 is 1. The number of hydrogen-bond donors (Lipinski definition) is 1. The number of esters is 1. The van der Waals surface area contributed by atoms with Crippen molar-refractivity contribution in [3.63, 3.8) is 0 Å². The molecule has 0 radical (unpaired) electrons. The van der Waals surface area contributed by atoms with Gasteiger partial charge < -0.3 is 24.6 Å². The van der Waals surface area contributed by atoms with Crippen LogP contribution in [0.25, 0.3) is 0 Å². The summed E-state index contributed by atoms with van der Waals surface area (Å²) < 4.78 is 10.2. The Labute approximate surface area is 223 Å². The van der Waals surface area contributed by atoms with Gasteiger partial charge in [0.05, 0.1) is 7.11 Å². The number of hydrogen-bond acceptors (Lipinski definition) is 6. The Morgan fingerprint density at radius 3 is 2.08 bits per heavy atom. The molecule has 3 aromatic rings. The summed E-state index contributed by atoms with van der Waals surface area (Å²) in [5.74, 6) is -0.437. The fourth-order valence-electron chi connectivity index (χ4n) is 4.46. The van der Waals surface area contributed by atoms with E-state index in [9.17, 15) is 14.4 Å². The standard InChI is InChI=1S/C30H33N3O5/c1-37-28(34)20-31-26-14-12-25(13-15-26)29(35)33(21-23-8-4-2-5-9-23)27-16-18-32(19-17-27)30(36)38-22-24-10-6-3-7-11-24/h2-15,27,31H,16-22H2,1H3. The van der Waals surface area contributed by atoms with Crippen LogP contribution < -0.4 is 5.32 Å². The lowest BCUT2D eigenvalue weighted by Gasteiger charge is -2.38. The van der Waals surface area contributed by atoms with Crippen molar-refractivity contribution in [3.05, 3.63) is 102 Å². The second-order valence-electron chi connectivity index (χ2n) is 9.18. The van der Waals surface area contributed by atoms with Gasteiger partial charge in [-0.3, -0.25) is 9.59 Å². The number of likely N-dealkylation sites (tertiary alicyclic amines) is 1. The number of nitrogens with zero attached hydrogens (tertiary/aromatic N) is 2. The van der Waals surface area contributed by atoms with Crippen LogP contribution in [0, 0.1) is 0 Å². The van der Waals surface area contributed by atoms with Gasteiger partial charge in [-0.05, 0) is 48.2 Å². The Morgan fingerprint density at radius 1 is 0.868 bits per heavy atom. The van der Waals surface area contributed by atoms with Gasteiger partial charge in [-0.15, -0.1) is 0 Å². The van der Waals surface area contributed by atoms with E-state index in [0.29, 0.717) is 38.0 Å². The molecule has 1 heterocycles. The van der Waals surface area contributed by atoms with E-state index in [2.05, 4.69) is 10.1 Å². The van der Waals surface area contributed by atoms with E-state index in [1.807, 2.05) is 65.6 Å². The molecule has 8 heteroatoms. The average molecular weight is 516 g/mol. The Balaban J connectivity index is 1.39. The highest BCUT2D eigenvalue weighted by molar-refractivity contribution is 5.95. The van der Waals surface area contributed by atoms with Gasteiger partial charge in [0.15, 0.2) is 0 Å². The molecule has 8 nitrogen and oxygen atoms in total. The summed E-state index contributed by atoms with van der Waals surface area (Å²) in [6.45, 7) is 1.81. The summed E-state index contributed by atoms with van der Waals surface area (Å²) in [5.41, 5.74) is 3.28. The fourth-order valence-corrected chi connectivity index (χ4v) is 4.46. The van der Waals surface area contributed by atoms with Crippen LogP contribution in [-0.4, -0.2) is 60.6 Å². The minimum absolute atomic E-state index is 0.0157. The van der Waals surface area contributed by atoms with Crippen molar-refractivity contribution in [1.82, 2.24) is 9.80 Å². The molecule has 1 aliphatic rings. The molecule has 1 aliphatic heterocycles. The molecule has 3 aromatic carbocycles. The number of anilines is 1. The number of carbonyl (C=O) groups excluding carboxylic acids is 3. The zero-order chi connectivity index (χ0) is 26.7. The minimum Gasteiger partial charge on any atom is -0.468 e. The number of ether oxygens (including phenoxy) is 2. The Morgan fingerprint density at radius 2 is 1.47 bits per heavy atom.